The molecule has 3 fully saturated rings. The van der Waals surface area contributed by atoms with E-state index in [1.54, 1.807) is 51.4 Å². The Balaban J connectivity index is 1.42. The fourth-order valence-corrected chi connectivity index (χ4v) is 4.66. The summed E-state index contributed by atoms with van der Waals surface area (Å²) in [6.07, 6.45) is 17.2. The van der Waals surface area contributed by atoms with Gasteiger partial charge < -0.3 is 0 Å². The van der Waals surface area contributed by atoms with Crippen LogP contribution in [0.3, 0.4) is 0 Å². The molecule has 0 aliphatic heterocycles. The van der Waals surface area contributed by atoms with Crippen molar-refractivity contribution in [3.63, 3.8) is 0 Å². The molecule has 0 aromatic carbocycles. The second-order valence-corrected chi connectivity index (χ2v) is 6.52. The van der Waals surface area contributed by atoms with Crippen LogP contribution in [0.4, 0.5) is 0 Å². The Labute approximate surface area is 94.8 Å². The van der Waals surface area contributed by atoms with Gasteiger partial charge in [-0.05, 0) is 49.4 Å². The van der Waals surface area contributed by atoms with E-state index < -0.39 is 0 Å². The monoisotopic (exact) mass is 206 g/mol. The quantitative estimate of drug-likeness (QED) is 0.623. The molecule has 0 amide bonds. The molecule has 0 heterocycles. The molecule has 15 heavy (non-hydrogen) atoms. The van der Waals surface area contributed by atoms with Crippen LogP contribution in [0.1, 0.15) is 70.6 Å². The average molecular weight is 206 g/mol. The van der Waals surface area contributed by atoms with Gasteiger partial charge in [0.05, 0.1) is 0 Å². The number of fused-ring (bicyclic) bond motifs is 2. The molecule has 3 saturated carbocycles. The maximum Gasteiger partial charge on any atom is -0.0383 e. The van der Waals surface area contributed by atoms with Gasteiger partial charge in [-0.3, -0.25) is 0 Å². The smallest absolute Gasteiger partial charge is 0.0383 e. The van der Waals surface area contributed by atoms with Crippen molar-refractivity contribution in [2.75, 3.05) is 0 Å². The van der Waals surface area contributed by atoms with E-state index in [-0.39, 0.29) is 0 Å². The third-order valence-electron chi connectivity index (χ3n) is 5.55. The molecule has 86 valence electrons. The molecule has 0 aromatic heterocycles. The van der Waals surface area contributed by atoms with E-state index in [0.717, 1.165) is 17.8 Å². The van der Waals surface area contributed by atoms with Crippen LogP contribution in [0.15, 0.2) is 0 Å². The SMILES string of the molecule is C1CCC(CCC2CC3CCC2C3)CC1. The molecule has 0 spiro atoms. The third-order valence-corrected chi connectivity index (χ3v) is 5.55. The van der Waals surface area contributed by atoms with Gasteiger partial charge in [0.1, 0.15) is 0 Å². The molecule has 0 heteroatoms. The van der Waals surface area contributed by atoms with Gasteiger partial charge in [0, 0.05) is 0 Å². The summed E-state index contributed by atoms with van der Waals surface area (Å²) in [7, 11) is 0. The highest BCUT2D eigenvalue weighted by Gasteiger charge is 2.39. The molecule has 0 saturated heterocycles. The van der Waals surface area contributed by atoms with Gasteiger partial charge >= 0.3 is 0 Å². The molecule has 0 radical (unpaired) electrons. The zero-order valence-electron chi connectivity index (χ0n) is 10.1. The first kappa shape index (κ1) is 10.2. The topological polar surface area (TPSA) is 0 Å². The van der Waals surface area contributed by atoms with Gasteiger partial charge in [-0.2, -0.15) is 0 Å². The van der Waals surface area contributed by atoms with Gasteiger partial charge in [-0.25, -0.2) is 0 Å². The van der Waals surface area contributed by atoms with Gasteiger partial charge in [0.2, 0.25) is 0 Å². The van der Waals surface area contributed by atoms with Crippen LogP contribution in [0.2, 0.25) is 0 Å². The summed E-state index contributed by atoms with van der Waals surface area (Å²) < 4.78 is 0. The molecule has 3 aliphatic rings. The van der Waals surface area contributed by atoms with Crippen LogP contribution in [0.25, 0.3) is 0 Å². The lowest BCUT2D eigenvalue weighted by atomic mass is 9.80. The zero-order valence-corrected chi connectivity index (χ0v) is 10.1. The van der Waals surface area contributed by atoms with Crippen LogP contribution in [-0.2, 0) is 0 Å². The molecule has 0 aromatic rings. The molecule has 3 rings (SSSR count). The second-order valence-electron chi connectivity index (χ2n) is 6.52. The molecule has 0 nitrogen and oxygen atoms in total. The first-order chi connectivity index (χ1) is 7.42. The van der Waals surface area contributed by atoms with E-state index in [0.29, 0.717) is 0 Å². The fourth-order valence-electron chi connectivity index (χ4n) is 4.66. The minimum atomic E-state index is 1.12. The Morgan fingerprint density at radius 1 is 0.733 bits per heavy atom. The molecule has 2 bridgehead atoms. The van der Waals surface area contributed by atoms with Crippen molar-refractivity contribution in [2.45, 2.75) is 70.6 Å². The first-order valence-electron chi connectivity index (χ1n) is 7.42. The Hall–Kier alpha value is 0. The van der Waals surface area contributed by atoms with Gasteiger partial charge in [-0.15, -0.1) is 0 Å². The predicted octanol–water partition coefficient (Wildman–Crippen LogP) is 4.78. The molecule has 3 aliphatic carbocycles. The largest absolute Gasteiger partial charge is 0.0533 e. The normalized spacial score (nSPS) is 41.2. The summed E-state index contributed by atoms with van der Waals surface area (Å²) in [5.41, 5.74) is 0. The van der Waals surface area contributed by atoms with Crippen molar-refractivity contribution >= 4 is 0 Å². The maximum atomic E-state index is 1.61. The van der Waals surface area contributed by atoms with E-state index >= 15 is 0 Å². The predicted molar refractivity (Wildman–Crippen MR) is 64.7 cm³/mol. The fraction of sp³-hybridized carbons (Fsp3) is 1.00. The summed E-state index contributed by atoms with van der Waals surface area (Å²) in [6, 6.07) is 0. The van der Waals surface area contributed by atoms with Crippen molar-refractivity contribution in [3.05, 3.63) is 0 Å². The average Bonchev–Trinajstić information content (AvgIpc) is 2.89. The minimum absolute atomic E-state index is 1.12. The Morgan fingerprint density at radius 2 is 1.60 bits per heavy atom. The lowest BCUT2D eigenvalue weighted by Crippen LogP contribution is -2.13. The summed E-state index contributed by atoms with van der Waals surface area (Å²) >= 11 is 0. The van der Waals surface area contributed by atoms with Crippen LogP contribution < -0.4 is 0 Å². The number of hydrogen-bond donors (Lipinski definition) is 0. The van der Waals surface area contributed by atoms with Gasteiger partial charge in [0.25, 0.3) is 0 Å². The van der Waals surface area contributed by atoms with Crippen LogP contribution in [-0.4, -0.2) is 0 Å². The molecular weight excluding hydrogens is 180 g/mol. The van der Waals surface area contributed by atoms with E-state index in [2.05, 4.69) is 0 Å². The molecule has 3 atom stereocenters. The Kier molecular flexibility index (Phi) is 3.03. The summed E-state index contributed by atoms with van der Waals surface area (Å²) in [5, 5.41) is 0. The van der Waals surface area contributed by atoms with E-state index in [1.165, 1.54) is 25.2 Å². The maximum absolute atomic E-state index is 1.61. The van der Waals surface area contributed by atoms with Crippen molar-refractivity contribution < 1.29 is 0 Å². The standard InChI is InChI=1S/C15H26/c1-2-4-12(5-3-1)6-8-14-10-13-7-9-15(14)11-13/h12-15H,1-11H2. The van der Waals surface area contributed by atoms with E-state index in [4.69, 9.17) is 0 Å². The minimum Gasteiger partial charge on any atom is -0.0533 e. The molecule has 3 unspecified atom stereocenters. The van der Waals surface area contributed by atoms with Gasteiger partial charge in [-0.1, -0.05) is 44.9 Å². The van der Waals surface area contributed by atoms with Crippen LogP contribution >= 0.6 is 0 Å². The molecule has 0 N–H and O–H groups in total. The van der Waals surface area contributed by atoms with Crippen molar-refractivity contribution in [1.82, 2.24) is 0 Å². The lowest BCUT2D eigenvalue weighted by Gasteiger charge is -2.26. The summed E-state index contributed by atoms with van der Waals surface area (Å²) in [5.74, 6) is 4.61. The van der Waals surface area contributed by atoms with Crippen molar-refractivity contribution in [3.8, 4) is 0 Å². The van der Waals surface area contributed by atoms with E-state index in [1.807, 2.05) is 0 Å². The van der Waals surface area contributed by atoms with Crippen LogP contribution in [0.5, 0.6) is 0 Å². The highest BCUT2D eigenvalue weighted by molar-refractivity contribution is 4.90. The lowest BCUT2D eigenvalue weighted by molar-refractivity contribution is 0.260. The second kappa shape index (κ2) is 4.47. The zero-order chi connectivity index (χ0) is 10.1. The number of rotatable bonds is 3. The summed E-state index contributed by atoms with van der Waals surface area (Å²) in [4.78, 5) is 0. The highest BCUT2D eigenvalue weighted by Crippen LogP contribution is 2.50. The number of hydrogen-bond acceptors (Lipinski definition) is 0. The van der Waals surface area contributed by atoms with Crippen LogP contribution in [0, 0.1) is 23.7 Å². The molecular formula is C15H26. The highest BCUT2D eigenvalue weighted by atomic mass is 14.4. The van der Waals surface area contributed by atoms with Crippen molar-refractivity contribution in [1.29, 1.82) is 0 Å². The third kappa shape index (κ3) is 2.24. The Bertz CT molecular complexity index is 202. The van der Waals surface area contributed by atoms with E-state index in [9.17, 15) is 0 Å². The Morgan fingerprint density at radius 3 is 2.27 bits per heavy atom. The van der Waals surface area contributed by atoms with Gasteiger partial charge in [0.15, 0.2) is 0 Å². The summed E-state index contributed by atoms with van der Waals surface area (Å²) in [6.45, 7) is 0. The first-order valence-corrected chi connectivity index (χ1v) is 7.42. The van der Waals surface area contributed by atoms with Crippen molar-refractivity contribution in [2.24, 2.45) is 23.7 Å².